The highest BCUT2D eigenvalue weighted by molar-refractivity contribution is 5.83. The Bertz CT molecular complexity index is 633. The highest BCUT2D eigenvalue weighted by Gasteiger charge is 2.05. The third-order valence-corrected chi connectivity index (χ3v) is 3.02. The Morgan fingerprint density at radius 1 is 1.20 bits per heavy atom. The van der Waals surface area contributed by atoms with Crippen molar-refractivity contribution < 1.29 is 9.94 Å². The summed E-state index contributed by atoms with van der Waals surface area (Å²) >= 11 is 0. The summed E-state index contributed by atoms with van der Waals surface area (Å²) in [7, 11) is 0. The zero-order chi connectivity index (χ0) is 14.4. The minimum atomic E-state index is 0.442. The number of hydrogen-bond donors (Lipinski definition) is 1. The highest BCUT2D eigenvalue weighted by atomic mass is 16.5. The zero-order valence-corrected chi connectivity index (χ0v) is 11.4. The summed E-state index contributed by atoms with van der Waals surface area (Å²) in [6, 6.07) is 13.7. The molecule has 102 valence electrons. The molecule has 0 saturated carbocycles. The van der Waals surface area contributed by atoms with Gasteiger partial charge in [0.15, 0.2) is 0 Å². The van der Waals surface area contributed by atoms with E-state index in [9.17, 15) is 0 Å². The van der Waals surface area contributed by atoms with Crippen molar-refractivity contribution in [3.05, 3.63) is 71.3 Å². The van der Waals surface area contributed by atoms with Crippen molar-refractivity contribution in [1.29, 1.82) is 0 Å². The van der Waals surface area contributed by atoms with Gasteiger partial charge in [-0.1, -0.05) is 48.1 Å². The maximum Gasteiger partial charge on any atom is 0.128 e. The van der Waals surface area contributed by atoms with Crippen LogP contribution >= 0.6 is 0 Å². The van der Waals surface area contributed by atoms with Crippen LogP contribution in [0.15, 0.2) is 54.2 Å². The van der Waals surface area contributed by atoms with Gasteiger partial charge in [0.1, 0.15) is 12.4 Å². The second-order valence-electron chi connectivity index (χ2n) is 4.48. The Kier molecular flexibility index (Phi) is 4.56. The summed E-state index contributed by atoms with van der Waals surface area (Å²) in [6.07, 6.45) is 3.18. The van der Waals surface area contributed by atoms with Crippen LogP contribution in [0.2, 0.25) is 0 Å². The first-order chi connectivity index (χ1) is 9.74. The molecule has 0 heterocycles. The van der Waals surface area contributed by atoms with Gasteiger partial charge in [0.05, 0.1) is 6.21 Å². The molecule has 0 saturated heterocycles. The topological polar surface area (TPSA) is 41.8 Å². The van der Waals surface area contributed by atoms with E-state index in [2.05, 4.69) is 11.7 Å². The van der Waals surface area contributed by atoms with E-state index in [0.717, 1.165) is 22.3 Å². The van der Waals surface area contributed by atoms with Crippen LogP contribution < -0.4 is 4.74 Å². The molecule has 0 unspecified atom stereocenters. The molecule has 0 aliphatic heterocycles. The Labute approximate surface area is 118 Å². The van der Waals surface area contributed by atoms with E-state index in [4.69, 9.17) is 9.94 Å². The predicted molar refractivity (Wildman–Crippen MR) is 81.4 cm³/mol. The summed E-state index contributed by atoms with van der Waals surface area (Å²) in [5.41, 5.74) is 3.95. The minimum Gasteiger partial charge on any atom is -0.488 e. The van der Waals surface area contributed by atoms with Crippen molar-refractivity contribution in [2.75, 3.05) is 0 Å². The fourth-order valence-electron chi connectivity index (χ4n) is 1.96. The predicted octanol–water partition coefficient (Wildman–Crippen LogP) is 4.03. The van der Waals surface area contributed by atoms with Gasteiger partial charge in [0.2, 0.25) is 0 Å². The van der Waals surface area contributed by atoms with Crippen molar-refractivity contribution in [2.24, 2.45) is 5.16 Å². The molecule has 0 aliphatic carbocycles. The minimum absolute atomic E-state index is 0.442. The van der Waals surface area contributed by atoms with Crippen molar-refractivity contribution in [1.82, 2.24) is 0 Å². The van der Waals surface area contributed by atoms with Crippen LogP contribution in [0.5, 0.6) is 5.75 Å². The fourth-order valence-corrected chi connectivity index (χ4v) is 1.96. The van der Waals surface area contributed by atoms with Gasteiger partial charge in [-0.15, -0.1) is 0 Å². The summed E-state index contributed by atoms with van der Waals surface area (Å²) in [5.74, 6) is 0.696. The van der Waals surface area contributed by atoms with Gasteiger partial charge in [0.25, 0.3) is 0 Å². The van der Waals surface area contributed by atoms with Crippen LogP contribution in [0.1, 0.15) is 22.3 Å². The lowest BCUT2D eigenvalue weighted by Gasteiger charge is -2.11. The summed E-state index contributed by atoms with van der Waals surface area (Å²) in [4.78, 5) is 0. The average Bonchev–Trinajstić information content (AvgIpc) is 2.48. The monoisotopic (exact) mass is 267 g/mol. The number of aryl methyl sites for hydroxylation is 1. The molecule has 0 radical (unpaired) electrons. The quantitative estimate of drug-likeness (QED) is 0.505. The van der Waals surface area contributed by atoms with Crippen molar-refractivity contribution in [2.45, 2.75) is 13.5 Å². The normalized spacial score (nSPS) is 10.7. The number of hydrogen-bond acceptors (Lipinski definition) is 3. The first-order valence-electron chi connectivity index (χ1n) is 6.36. The summed E-state index contributed by atoms with van der Waals surface area (Å²) in [6.45, 7) is 6.23. The van der Waals surface area contributed by atoms with E-state index in [1.807, 2.05) is 55.5 Å². The van der Waals surface area contributed by atoms with E-state index >= 15 is 0 Å². The maximum atomic E-state index is 8.68. The number of benzene rings is 2. The SMILES string of the molecule is C=Cc1ccccc1COc1cc(C)ccc1/C=N/O. The van der Waals surface area contributed by atoms with Crippen molar-refractivity contribution >= 4 is 12.3 Å². The molecule has 0 aliphatic rings. The lowest BCUT2D eigenvalue weighted by Crippen LogP contribution is -2.00. The molecular weight excluding hydrogens is 250 g/mol. The van der Waals surface area contributed by atoms with E-state index in [-0.39, 0.29) is 0 Å². The van der Waals surface area contributed by atoms with Crippen LogP contribution in [0.4, 0.5) is 0 Å². The maximum absolute atomic E-state index is 8.68. The Hall–Kier alpha value is -2.55. The number of oxime groups is 1. The van der Waals surface area contributed by atoms with Gasteiger partial charge in [-0.05, 0) is 35.7 Å². The van der Waals surface area contributed by atoms with E-state index < -0.39 is 0 Å². The lowest BCUT2D eigenvalue weighted by atomic mass is 10.1. The molecule has 2 rings (SSSR count). The molecule has 3 nitrogen and oxygen atoms in total. The van der Waals surface area contributed by atoms with Crippen LogP contribution in [0, 0.1) is 6.92 Å². The lowest BCUT2D eigenvalue weighted by molar-refractivity contribution is 0.303. The molecule has 0 aromatic heterocycles. The number of nitrogens with zero attached hydrogens (tertiary/aromatic N) is 1. The second-order valence-corrected chi connectivity index (χ2v) is 4.48. The molecule has 2 aromatic rings. The standard InChI is InChI=1S/C17H17NO2/c1-3-14-6-4-5-7-16(14)12-20-17-10-13(2)8-9-15(17)11-18-19/h3-11,19H,1,12H2,2H3/b18-11+. The van der Waals surface area contributed by atoms with Crippen LogP contribution in [-0.2, 0) is 6.61 Å². The molecule has 0 fully saturated rings. The molecule has 1 N–H and O–H groups in total. The van der Waals surface area contributed by atoms with Gasteiger partial charge in [-0.25, -0.2) is 0 Å². The second kappa shape index (κ2) is 6.57. The first-order valence-corrected chi connectivity index (χ1v) is 6.36. The highest BCUT2D eigenvalue weighted by Crippen LogP contribution is 2.21. The van der Waals surface area contributed by atoms with Gasteiger partial charge < -0.3 is 9.94 Å². The van der Waals surface area contributed by atoms with Crippen LogP contribution in [0.25, 0.3) is 6.08 Å². The van der Waals surface area contributed by atoms with Crippen LogP contribution in [0.3, 0.4) is 0 Å². The van der Waals surface area contributed by atoms with Crippen molar-refractivity contribution in [3.63, 3.8) is 0 Å². The Morgan fingerprint density at radius 3 is 2.75 bits per heavy atom. The first kappa shape index (κ1) is 13.9. The van der Waals surface area contributed by atoms with E-state index in [0.29, 0.717) is 12.4 Å². The van der Waals surface area contributed by atoms with Gasteiger partial charge >= 0.3 is 0 Å². The van der Waals surface area contributed by atoms with Gasteiger partial charge in [0, 0.05) is 5.56 Å². The molecular formula is C17H17NO2. The largest absolute Gasteiger partial charge is 0.488 e. The molecule has 2 aromatic carbocycles. The molecule has 0 amide bonds. The number of rotatable bonds is 5. The van der Waals surface area contributed by atoms with Gasteiger partial charge in [-0.3, -0.25) is 0 Å². The van der Waals surface area contributed by atoms with Crippen molar-refractivity contribution in [3.8, 4) is 5.75 Å². The fraction of sp³-hybridized carbons (Fsp3) is 0.118. The summed E-state index contributed by atoms with van der Waals surface area (Å²) < 4.78 is 5.85. The summed E-state index contributed by atoms with van der Waals surface area (Å²) in [5, 5.41) is 11.7. The van der Waals surface area contributed by atoms with Crippen LogP contribution in [-0.4, -0.2) is 11.4 Å². The Balaban J connectivity index is 2.22. The van der Waals surface area contributed by atoms with E-state index in [1.54, 1.807) is 0 Å². The molecule has 20 heavy (non-hydrogen) atoms. The third-order valence-electron chi connectivity index (χ3n) is 3.02. The third kappa shape index (κ3) is 3.26. The average molecular weight is 267 g/mol. The van der Waals surface area contributed by atoms with E-state index in [1.165, 1.54) is 6.21 Å². The van der Waals surface area contributed by atoms with Gasteiger partial charge in [-0.2, -0.15) is 0 Å². The smallest absolute Gasteiger partial charge is 0.128 e. The molecule has 0 spiro atoms. The zero-order valence-electron chi connectivity index (χ0n) is 11.4. The molecule has 0 bridgehead atoms. The molecule has 3 heteroatoms. The molecule has 0 atom stereocenters. The Morgan fingerprint density at radius 2 is 2.00 bits per heavy atom. The number of ether oxygens (including phenoxy) is 1.